The zero-order valence-corrected chi connectivity index (χ0v) is 17.8. The van der Waals surface area contributed by atoms with Gasteiger partial charge in [0.2, 0.25) is 0 Å². The van der Waals surface area contributed by atoms with E-state index in [4.69, 9.17) is 14.7 Å². The summed E-state index contributed by atoms with van der Waals surface area (Å²) in [6.07, 6.45) is -0.856. The van der Waals surface area contributed by atoms with Gasteiger partial charge in [-0.15, -0.1) is 0 Å². The molecule has 0 aliphatic carbocycles. The second-order valence-corrected chi connectivity index (χ2v) is 7.04. The Morgan fingerprint density at radius 1 is 0.938 bits per heavy atom. The third-order valence-corrected chi connectivity index (χ3v) is 4.79. The molecule has 0 N–H and O–H groups in total. The molecule has 0 spiro atoms. The Labute approximate surface area is 187 Å². The Morgan fingerprint density at radius 2 is 1.56 bits per heavy atom. The number of hydrogen-bond acceptors (Lipinski definition) is 5. The summed E-state index contributed by atoms with van der Waals surface area (Å²) in [7, 11) is 0. The zero-order valence-electron chi connectivity index (χ0n) is 17.8. The first-order valence-corrected chi connectivity index (χ1v) is 10.3. The highest BCUT2D eigenvalue weighted by molar-refractivity contribution is 5.99. The molecule has 0 aromatic heterocycles. The average Bonchev–Trinajstić information content (AvgIpc) is 2.84. The van der Waals surface area contributed by atoms with E-state index in [0.717, 1.165) is 0 Å². The van der Waals surface area contributed by atoms with Gasteiger partial charge in [0.15, 0.2) is 6.10 Å². The lowest BCUT2D eigenvalue weighted by atomic mass is 10.1. The number of carbonyl (C=O) groups is 2. The minimum atomic E-state index is -1.02. The van der Waals surface area contributed by atoms with Gasteiger partial charge in [0, 0.05) is 17.8 Å². The number of ether oxygens (including phenoxy) is 2. The highest BCUT2D eigenvalue weighted by Crippen LogP contribution is 2.19. The van der Waals surface area contributed by atoms with Gasteiger partial charge in [0.05, 0.1) is 18.1 Å². The Hall–Kier alpha value is -4.11. The molecular weight excluding hydrogens is 404 g/mol. The smallest absolute Gasteiger partial charge is 0.339 e. The van der Waals surface area contributed by atoms with Crippen LogP contribution < -0.4 is 9.64 Å². The quantitative estimate of drug-likeness (QED) is 0.459. The molecule has 1 atom stereocenters. The Kier molecular flexibility index (Phi) is 7.99. The summed E-state index contributed by atoms with van der Waals surface area (Å²) in [5.41, 5.74) is 1.64. The molecule has 6 nitrogen and oxygen atoms in total. The normalized spacial score (nSPS) is 11.1. The first-order valence-electron chi connectivity index (χ1n) is 10.3. The molecule has 0 bridgehead atoms. The fourth-order valence-corrected chi connectivity index (χ4v) is 3.15. The first kappa shape index (κ1) is 22.6. The molecule has 32 heavy (non-hydrogen) atoms. The lowest BCUT2D eigenvalue weighted by Crippen LogP contribution is -2.40. The van der Waals surface area contributed by atoms with E-state index in [0.29, 0.717) is 22.6 Å². The minimum Gasteiger partial charge on any atom is -0.489 e. The number of hydrogen-bond donors (Lipinski definition) is 0. The number of amides is 1. The third-order valence-electron chi connectivity index (χ3n) is 4.79. The average molecular weight is 428 g/mol. The Bertz CT molecular complexity index is 1080. The van der Waals surface area contributed by atoms with Crippen LogP contribution in [0.25, 0.3) is 0 Å². The molecule has 162 valence electrons. The van der Waals surface area contributed by atoms with Crippen LogP contribution >= 0.6 is 0 Å². The van der Waals surface area contributed by atoms with Crippen molar-refractivity contribution in [3.8, 4) is 11.8 Å². The molecule has 0 aliphatic heterocycles. The van der Waals surface area contributed by atoms with E-state index in [1.54, 1.807) is 30.3 Å². The fourth-order valence-electron chi connectivity index (χ4n) is 3.15. The van der Waals surface area contributed by atoms with Gasteiger partial charge in [-0.3, -0.25) is 4.79 Å². The molecule has 0 saturated heterocycles. The lowest BCUT2D eigenvalue weighted by molar-refractivity contribution is -0.126. The second-order valence-electron chi connectivity index (χ2n) is 7.04. The van der Waals surface area contributed by atoms with Gasteiger partial charge in [0.1, 0.15) is 12.4 Å². The first-order chi connectivity index (χ1) is 15.6. The third kappa shape index (κ3) is 5.96. The van der Waals surface area contributed by atoms with E-state index in [-0.39, 0.29) is 19.6 Å². The van der Waals surface area contributed by atoms with Crippen molar-refractivity contribution < 1.29 is 19.1 Å². The van der Waals surface area contributed by atoms with Crippen molar-refractivity contribution in [3.05, 3.63) is 96.1 Å². The van der Waals surface area contributed by atoms with E-state index in [9.17, 15) is 9.59 Å². The molecular formula is C26H24N2O4. The summed E-state index contributed by atoms with van der Waals surface area (Å²) in [5.74, 6) is -0.306. The molecule has 6 heteroatoms. The molecule has 1 unspecified atom stereocenters. The number of anilines is 1. The second kappa shape index (κ2) is 11.3. The highest BCUT2D eigenvalue weighted by atomic mass is 16.5. The SMILES string of the molecule is CC(OC(=O)c1ccccc1COc1ccccc1)C(=O)N(CCC#N)c1ccccc1. The van der Waals surface area contributed by atoms with E-state index < -0.39 is 18.0 Å². The number of carbonyl (C=O) groups excluding carboxylic acids is 2. The van der Waals surface area contributed by atoms with E-state index in [1.807, 2.05) is 60.7 Å². The van der Waals surface area contributed by atoms with Crippen LogP contribution in [0.5, 0.6) is 5.75 Å². The zero-order chi connectivity index (χ0) is 22.8. The Balaban J connectivity index is 1.70. The van der Waals surface area contributed by atoms with Crippen LogP contribution in [-0.4, -0.2) is 24.5 Å². The van der Waals surface area contributed by atoms with Gasteiger partial charge in [-0.25, -0.2) is 4.79 Å². The van der Waals surface area contributed by atoms with Crippen molar-refractivity contribution in [3.63, 3.8) is 0 Å². The van der Waals surface area contributed by atoms with Gasteiger partial charge in [-0.1, -0.05) is 54.6 Å². The lowest BCUT2D eigenvalue weighted by Gasteiger charge is -2.25. The predicted octanol–water partition coefficient (Wildman–Crippen LogP) is 4.76. The van der Waals surface area contributed by atoms with Crippen molar-refractivity contribution in [1.29, 1.82) is 5.26 Å². The molecule has 1 amide bonds. The van der Waals surface area contributed by atoms with E-state index >= 15 is 0 Å². The van der Waals surface area contributed by atoms with Crippen molar-refractivity contribution in [1.82, 2.24) is 0 Å². The summed E-state index contributed by atoms with van der Waals surface area (Å²) < 4.78 is 11.3. The molecule has 0 saturated carbocycles. The van der Waals surface area contributed by atoms with E-state index in [1.165, 1.54) is 11.8 Å². The topological polar surface area (TPSA) is 79.6 Å². The summed E-state index contributed by atoms with van der Waals surface area (Å²) in [6, 6.07) is 27.3. The van der Waals surface area contributed by atoms with Crippen LogP contribution in [0.3, 0.4) is 0 Å². The summed E-state index contributed by atoms with van der Waals surface area (Å²) in [5, 5.41) is 8.95. The fraction of sp³-hybridized carbons (Fsp3) is 0.192. The predicted molar refractivity (Wildman–Crippen MR) is 121 cm³/mol. The number of benzene rings is 3. The maximum absolute atomic E-state index is 13.0. The van der Waals surface area contributed by atoms with Crippen molar-refractivity contribution in [2.24, 2.45) is 0 Å². The van der Waals surface area contributed by atoms with Crippen LogP contribution in [0, 0.1) is 11.3 Å². The highest BCUT2D eigenvalue weighted by Gasteiger charge is 2.26. The monoisotopic (exact) mass is 428 g/mol. The molecule has 3 aromatic rings. The maximum Gasteiger partial charge on any atom is 0.339 e. The van der Waals surface area contributed by atoms with Crippen molar-refractivity contribution >= 4 is 17.6 Å². The molecule has 0 fully saturated rings. The number of rotatable bonds is 9. The van der Waals surface area contributed by atoms with E-state index in [2.05, 4.69) is 0 Å². The van der Waals surface area contributed by atoms with Crippen LogP contribution in [0.2, 0.25) is 0 Å². The maximum atomic E-state index is 13.0. The van der Waals surface area contributed by atoms with Crippen LogP contribution in [-0.2, 0) is 16.1 Å². The summed E-state index contributed by atoms with van der Waals surface area (Å²) in [6.45, 7) is 1.93. The Morgan fingerprint density at radius 3 is 2.25 bits per heavy atom. The standard InChI is InChI=1S/C26H24N2O4/c1-20(25(29)28(18-10-17-27)22-12-4-2-5-13-22)32-26(30)24-16-9-8-11-21(24)19-31-23-14-6-3-7-15-23/h2-9,11-16,20H,10,18-19H2,1H3. The largest absolute Gasteiger partial charge is 0.489 e. The molecule has 3 aromatic carbocycles. The van der Waals surface area contributed by atoms with Crippen LogP contribution in [0.4, 0.5) is 5.69 Å². The van der Waals surface area contributed by atoms with Crippen molar-refractivity contribution in [2.45, 2.75) is 26.1 Å². The molecule has 0 aliphatic rings. The number of para-hydroxylation sites is 2. The van der Waals surface area contributed by atoms with Crippen LogP contribution in [0.15, 0.2) is 84.9 Å². The number of nitriles is 1. The molecule has 0 radical (unpaired) electrons. The number of nitrogens with zero attached hydrogens (tertiary/aromatic N) is 2. The molecule has 3 rings (SSSR count). The van der Waals surface area contributed by atoms with Gasteiger partial charge < -0.3 is 14.4 Å². The van der Waals surface area contributed by atoms with Gasteiger partial charge >= 0.3 is 5.97 Å². The van der Waals surface area contributed by atoms with Crippen molar-refractivity contribution in [2.75, 3.05) is 11.4 Å². The van der Waals surface area contributed by atoms with Crippen LogP contribution in [0.1, 0.15) is 29.3 Å². The van der Waals surface area contributed by atoms with Gasteiger partial charge in [0.25, 0.3) is 5.91 Å². The summed E-state index contributed by atoms with van der Waals surface area (Å²) in [4.78, 5) is 27.4. The minimum absolute atomic E-state index is 0.168. The molecule has 0 heterocycles. The number of esters is 1. The summed E-state index contributed by atoms with van der Waals surface area (Å²) >= 11 is 0. The van der Waals surface area contributed by atoms with Gasteiger partial charge in [-0.2, -0.15) is 5.26 Å². The van der Waals surface area contributed by atoms with Gasteiger partial charge in [-0.05, 0) is 37.3 Å².